The molecule has 3 nitrogen and oxygen atoms in total. The number of hydrogen-bond donors (Lipinski definition) is 1. The molecule has 1 N–H and O–H groups in total. The molecule has 1 aromatic rings. The van der Waals surface area contributed by atoms with E-state index < -0.39 is 0 Å². The SMILES string of the molecule is CN=C(NCC(C)c1cccs1)N1CC2CCCCC2C1. The minimum absolute atomic E-state index is 0.548. The van der Waals surface area contributed by atoms with Crippen LogP contribution in [0.3, 0.4) is 0 Å². The van der Waals surface area contributed by atoms with Gasteiger partial charge in [-0.1, -0.05) is 25.8 Å². The van der Waals surface area contributed by atoms with Gasteiger partial charge < -0.3 is 10.2 Å². The molecule has 4 heteroatoms. The fraction of sp³-hybridized carbons (Fsp3) is 0.706. The summed E-state index contributed by atoms with van der Waals surface area (Å²) in [6.07, 6.45) is 5.69. The molecule has 0 aromatic carbocycles. The first-order valence-corrected chi connectivity index (χ1v) is 9.15. The Hall–Kier alpha value is -1.03. The second-order valence-corrected chi connectivity index (χ2v) is 7.53. The Morgan fingerprint density at radius 1 is 1.38 bits per heavy atom. The molecule has 3 atom stereocenters. The van der Waals surface area contributed by atoms with Crippen LogP contribution in [-0.4, -0.2) is 37.5 Å². The summed E-state index contributed by atoms with van der Waals surface area (Å²) in [6, 6.07) is 4.36. The summed E-state index contributed by atoms with van der Waals surface area (Å²) in [5.41, 5.74) is 0. The number of likely N-dealkylation sites (tertiary alicyclic amines) is 1. The molecule has 116 valence electrons. The summed E-state index contributed by atoms with van der Waals surface area (Å²) in [5.74, 6) is 3.47. The van der Waals surface area contributed by atoms with Crippen LogP contribution in [0.25, 0.3) is 0 Å². The van der Waals surface area contributed by atoms with Crippen molar-refractivity contribution < 1.29 is 0 Å². The van der Waals surface area contributed by atoms with E-state index in [4.69, 9.17) is 0 Å². The number of guanidine groups is 1. The van der Waals surface area contributed by atoms with Gasteiger partial charge >= 0.3 is 0 Å². The van der Waals surface area contributed by atoms with E-state index in [9.17, 15) is 0 Å². The van der Waals surface area contributed by atoms with E-state index in [1.165, 1.54) is 43.6 Å². The second-order valence-electron chi connectivity index (χ2n) is 6.55. The largest absolute Gasteiger partial charge is 0.356 e. The summed E-state index contributed by atoms with van der Waals surface area (Å²) in [7, 11) is 1.92. The third-order valence-electron chi connectivity index (χ3n) is 5.08. The van der Waals surface area contributed by atoms with Crippen LogP contribution in [0.2, 0.25) is 0 Å². The Morgan fingerprint density at radius 2 is 2.10 bits per heavy atom. The summed E-state index contributed by atoms with van der Waals surface area (Å²) in [5, 5.41) is 5.75. The lowest BCUT2D eigenvalue weighted by atomic mass is 9.82. The highest BCUT2D eigenvalue weighted by atomic mass is 32.1. The van der Waals surface area contributed by atoms with E-state index in [1.807, 2.05) is 18.4 Å². The number of fused-ring (bicyclic) bond motifs is 1. The van der Waals surface area contributed by atoms with Crippen LogP contribution >= 0.6 is 11.3 Å². The highest BCUT2D eigenvalue weighted by Crippen LogP contribution is 2.36. The maximum atomic E-state index is 4.52. The summed E-state index contributed by atoms with van der Waals surface area (Å²) in [4.78, 5) is 8.46. The average Bonchev–Trinajstić information content (AvgIpc) is 3.17. The number of rotatable bonds is 3. The van der Waals surface area contributed by atoms with Crippen LogP contribution in [0.5, 0.6) is 0 Å². The highest BCUT2D eigenvalue weighted by Gasteiger charge is 2.35. The van der Waals surface area contributed by atoms with E-state index >= 15 is 0 Å². The minimum Gasteiger partial charge on any atom is -0.356 e. The number of aliphatic imine (C=N–C) groups is 1. The fourth-order valence-corrected chi connectivity index (χ4v) is 4.61. The Kier molecular flexibility index (Phi) is 4.84. The number of nitrogens with one attached hydrogen (secondary N) is 1. The Bertz CT molecular complexity index is 454. The van der Waals surface area contributed by atoms with Crippen LogP contribution in [-0.2, 0) is 0 Å². The monoisotopic (exact) mass is 305 g/mol. The Balaban J connectivity index is 1.54. The first-order chi connectivity index (χ1) is 10.3. The van der Waals surface area contributed by atoms with Gasteiger partial charge in [0.05, 0.1) is 0 Å². The molecule has 1 aromatic heterocycles. The predicted octanol–water partition coefficient (Wildman–Crippen LogP) is 3.55. The number of nitrogens with zero attached hydrogens (tertiary/aromatic N) is 2. The van der Waals surface area contributed by atoms with Gasteiger partial charge in [-0.2, -0.15) is 0 Å². The van der Waals surface area contributed by atoms with Gasteiger partial charge in [-0.15, -0.1) is 11.3 Å². The van der Waals surface area contributed by atoms with Crippen LogP contribution in [0.15, 0.2) is 22.5 Å². The summed E-state index contributed by atoms with van der Waals surface area (Å²) >= 11 is 1.85. The van der Waals surface area contributed by atoms with Gasteiger partial charge in [0.2, 0.25) is 0 Å². The third kappa shape index (κ3) is 3.42. The molecule has 2 heterocycles. The van der Waals surface area contributed by atoms with Crippen molar-refractivity contribution >= 4 is 17.3 Å². The first-order valence-electron chi connectivity index (χ1n) is 8.27. The molecular formula is C17H27N3S. The van der Waals surface area contributed by atoms with Crippen LogP contribution in [0, 0.1) is 11.8 Å². The van der Waals surface area contributed by atoms with Crippen molar-refractivity contribution in [3.05, 3.63) is 22.4 Å². The molecule has 1 saturated heterocycles. The van der Waals surface area contributed by atoms with Gasteiger partial charge in [-0.05, 0) is 36.1 Å². The van der Waals surface area contributed by atoms with Crippen molar-refractivity contribution in [1.82, 2.24) is 10.2 Å². The molecule has 1 saturated carbocycles. The quantitative estimate of drug-likeness (QED) is 0.683. The molecule has 0 spiro atoms. The summed E-state index contributed by atoms with van der Waals surface area (Å²) in [6.45, 7) is 5.67. The zero-order valence-corrected chi connectivity index (χ0v) is 14.0. The molecule has 2 fully saturated rings. The second kappa shape index (κ2) is 6.82. The van der Waals surface area contributed by atoms with E-state index in [1.54, 1.807) is 0 Å². The molecule has 3 unspecified atom stereocenters. The molecule has 21 heavy (non-hydrogen) atoms. The van der Waals surface area contributed by atoms with Crippen LogP contribution in [0.4, 0.5) is 0 Å². The lowest BCUT2D eigenvalue weighted by Gasteiger charge is -2.23. The Labute approximate surface area is 132 Å². The minimum atomic E-state index is 0.548. The average molecular weight is 305 g/mol. The van der Waals surface area contributed by atoms with Gasteiger partial charge in [0.25, 0.3) is 0 Å². The molecule has 0 amide bonds. The number of thiophene rings is 1. The van der Waals surface area contributed by atoms with Crippen LogP contribution in [0.1, 0.15) is 43.4 Å². The zero-order valence-electron chi connectivity index (χ0n) is 13.2. The van der Waals surface area contributed by atoms with Gasteiger partial charge in [0.1, 0.15) is 0 Å². The van der Waals surface area contributed by atoms with E-state index in [0.717, 1.165) is 24.3 Å². The van der Waals surface area contributed by atoms with E-state index in [0.29, 0.717) is 5.92 Å². The molecule has 0 bridgehead atoms. The smallest absolute Gasteiger partial charge is 0.193 e. The van der Waals surface area contributed by atoms with Gasteiger partial charge in [-0.25, -0.2) is 0 Å². The lowest BCUT2D eigenvalue weighted by molar-refractivity contribution is 0.299. The number of hydrogen-bond acceptors (Lipinski definition) is 2. The van der Waals surface area contributed by atoms with Gasteiger partial charge in [-0.3, -0.25) is 4.99 Å². The molecular weight excluding hydrogens is 278 g/mol. The van der Waals surface area contributed by atoms with E-state index in [2.05, 4.69) is 39.6 Å². The molecule has 0 radical (unpaired) electrons. The standard InChI is InChI=1S/C17H27N3S/c1-13(16-8-5-9-21-16)10-19-17(18-2)20-11-14-6-3-4-7-15(14)12-20/h5,8-9,13-15H,3-4,6-7,10-12H2,1-2H3,(H,18,19). The summed E-state index contributed by atoms with van der Waals surface area (Å²) < 4.78 is 0. The normalized spacial score (nSPS) is 27.5. The van der Waals surface area contributed by atoms with E-state index in [-0.39, 0.29) is 0 Å². The Morgan fingerprint density at radius 3 is 2.67 bits per heavy atom. The highest BCUT2D eigenvalue weighted by molar-refractivity contribution is 7.10. The lowest BCUT2D eigenvalue weighted by Crippen LogP contribution is -2.41. The van der Waals surface area contributed by atoms with Crippen molar-refractivity contribution in [1.29, 1.82) is 0 Å². The van der Waals surface area contributed by atoms with Crippen molar-refractivity contribution in [3.63, 3.8) is 0 Å². The molecule has 1 aliphatic heterocycles. The van der Waals surface area contributed by atoms with Crippen molar-refractivity contribution in [3.8, 4) is 0 Å². The molecule has 2 aliphatic rings. The van der Waals surface area contributed by atoms with Crippen molar-refractivity contribution in [2.45, 2.75) is 38.5 Å². The van der Waals surface area contributed by atoms with Crippen molar-refractivity contribution in [2.75, 3.05) is 26.7 Å². The maximum Gasteiger partial charge on any atom is 0.193 e. The van der Waals surface area contributed by atoms with Crippen LogP contribution < -0.4 is 5.32 Å². The first kappa shape index (κ1) is 14.9. The fourth-order valence-electron chi connectivity index (χ4n) is 3.83. The van der Waals surface area contributed by atoms with Gasteiger partial charge in [0, 0.05) is 37.5 Å². The predicted molar refractivity (Wildman–Crippen MR) is 91.1 cm³/mol. The maximum absolute atomic E-state index is 4.52. The van der Waals surface area contributed by atoms with Gasteiger partial charge in [0.15, 0.2) is 5.96 Å². The topological polar surface area (TPSA) is 27.6 Å². The molecule has 3 rings (SSSR count). The van der Waals surface area contributed by atoms with Crippen molar-refractivity contribution in [2.24, 2.45) is 16.8 Å². The molecule has 1 aliphatic carbocycles. The third-order valence-corrected chi connectivity index (χ3v) is 6.19. The zero-order chi connectivity index (χ0) is 14.7.